The average Bonchev–Trinajstić information content (AvgIpc) is 3.33. The molecule has 0 aliphatic rings. The maximum atomic E-state index is 12.8. The normalized spacial score (nSPS) is 13.1. The van der Waals surface area contributed by atoms with Crippen molar-refractivity contribution in [2.75, 3.05) is 13.2 Å². The van der Waals surface area contributed by atoms with Gasteiger partial charge in [-0.1, -0.05) is 206 Å². The molecule has 0 aromatic carbocycles. The zero-order valence-corrected chi connectivity index (χ0v) is 43.1. The summed E-state index contributed by atoms with van der Waals surface area (Å²) in [7, 11) is 0. The van der Waals surface area contributed by atoms with Gasteiger partial charge in [0.1, 0.15) is 13.2 Å². The number of esters is 3. The minimum Gasteiger partial charge on any atom is -0.462 e. The molecule has 0 N–H and O–H groups in total. The molecule has 0 spiro atoms. The lowest BCUT2D eigenvalue weighted by Gasteiger charge is -2.18. The second-order valence-electron chi connectivity index (χ2n) is 17.4. The van der Waals surface area contributed by atoms with Gasteiger partial charge in [0.05, 0.1) is 0 Å². The molecule has 0 unspecified atom stereocenters. The van der Waals surface area contributed by atoms with Gasteiger partial charge < -0.3 is 14.2 Å². The van der Waals surface area contributed by atoms with Crippen LogP contribution in [0.1, 0.15) is 226 Å². The van der Waals surface area contributed by atoms with Gasteiger partial charge in [-0.05, 0) is 122 Å². The van der Waals surface area contributed by atoms with E-state index in [1.807, 2.05) is 12.2 Å². The predicted molar refractivity (Wildman–Crippen MR) is 288 cm³/mol. The van der Waals surface area contributed by atoms with Crippen molar-refractivity contribution >= 4 is 17.9 Å². The first-order valence-electron chi connectivity index (χ1n) is 27.0. The molecule has 67 heavy (non-hydrogen) atoms. The van der Waals surface area contributed by atoms with Crippen molar-refractivity contribution in [3.63, 3.8) is 0 Å². The first-order chi connectivity index (χ1) is 33.0. The van der Waals surface area contributed by atoms with Gasteiger partial charge in [-0.15, -0.1) is 0 Å². The van der Waals surface area contributed by atoms with E-state index in [1.165, 1.54) is 89.9 Å². The van der Waals surface area contributed by atoms with Crippen LogP contribution in [0.25, 0.3) is 0 Å². The van der Waals surface area contributed by atoms with Crippen LogP contribution in [0.2, 0.25) is 0 Å². The van der Waals surface area contributed by atoms with Gasteiger partial charge in [-0.25, -0.2) is 0 Å². The van der Waals surface area contributed by atoms with E-state index in [0.717, 1.165) is 83.5 Å². The summed E-state index contributed by atoms with van der Waals surface area (Å²) >= 11 is 0. The highest BCUT2D eigenvalue weighted by molar-refractivity contribution is 5.71. The second-order valence-corrected chi connectivity index (χ2v) is 17.4. The van der Waals surface area contributed by atoms with E-state index >= 15 is 0 Å². The van der Waals surface area contributed by atoms with Gasteiger partial charge >= 0.3 is 17.9 Å². The molecule has 0 aromatic rings. The first-order valence-corrected chi connectivity index (χ1v) is 27.0. The van der Waals surface area contributed by atoms with Crippen LogP contribution in [0.15, 0.2) is 122 Å². The summed E-state index contributed by atoms with van der Waals surface area (Å²) in [4.78, 5) is 38.0. The number of unbranched alkanes of at least 4 members (excludes halogenated alkanes) is 16. The van der Waals surface area contributed by atoms with Crippen LogP contribution in [-0.2, 0) is 28.6 Å². The van der Waals surface area contributed by atoms with Crippen molar-refractivity contribution in [3.8, 4) is 0 Å². The molecule has 0 aliphatic carbocycles. The van der Waals surface area contributed by atoms with Gasteiger partial charge in [0.25, 0.3) is 0 Å². The lowest BCUT2D eigenvalue weighted by Crippen LogP contribution is -2.30. The molecule has 6 heteroatoms. The molecule has 6 nitrogen and oxygen atoms in total. The molecular formula is C61H98O6. The number of ether oxygens (including phenoxy) is 3. The van der Waals surface area contributed by atoms with Crippen molar-refractivity contribution in [2.24, 2.45) is 0 Å². The molecule has 0 saturated heterocycles. The molecule has 0 rings (SSSR count). The fraction of sp³-hybridized carbons (Fsp3) is 0.623. The van der Waals surface area contributed by atoms with Gasteiger partial charge in [0, 0.05) is 19.3 Å². The number of rotatable bonds is 47. The Hall–Kier alpha value is -4.19. The summed E-state index contributed by atoms with van der Waals surface area (Å²) in [5.74, 6) is -1.06. The summed E-state index contributed by atoms with van der Waals surface area (Å²) in [5.41, 5.74) is 0. The molecule has 0 aliphatic heterocycles. The molecule has 0 fully saturated rings. The monoisotopic (exact) mass is 927 g/mol. The van der Waals surface area contributed by atoms with Crippen LogP contribution in [0, 0.1) is 0 Å². The quantitative estimate of drug-likeness (QED) is 0.0262. The number of hydrogen-bond acceptors (Lipinski definition) is 6. The second kappa shape index (κ2) is 54.4. The summed E-state index contributed by atoms with van der Waals surface area (Å²) in [6.07, 6.45) is 74.8. The van der Waals surface area contributed by atoms with E-state index < -0.39 is 6.10 Å². The van der Waals surface area contributed by atoms with Crippen LogP contribution in [0.4, 0.5) is 0 Å². The van der Waals surface area contributed by atoms with E-state index in [0.29, 0.717) is 19.3 Å². The molecule has 0 heterocycles. The fourth-order valence-electron chi connectivity index (χ4n) is 6.88. The summed E-state index contributed by atoms with van der Waals surface area (Å²) in [5, 5.41) is 0. The number of carbonyl (C=O) groups is 3. The number of hydrogen-bond donors (Lipinski definition) is 0. The third-order valence-electron chi connectivity index (χ3n) is 10.9. The van der Waals surface area contributed by atoms with Crippen molar-refractivity contribution < 1.29 is 28.6 Å². The molecule has 0 bridgehead atoms. The number of allylic oxidation sites excluding steroid dienone is 20. The maximum Gasteiger partial charge on any atom is 0.306 e. The predicted octanol–water partition coefficient (Wildman–Crippen LogP) is 18.1. The van der Waals surface area contributed by atoms with Crippen molar-refractivity contribution in [1.82, 2.24) is 0 Å². The minimum atomic E-state index is -0.833. The Morgan fingerprint density at radius 3 is 1.07 bits per heavy atom. The summed E-state index contributed by atoms with van der Waals surface area (Å²) < 4.78 is 16.7. The van der Waals surface area contributed by atoms with Gasteiger partial charge in [0.2, 0.25) is 0 Å². The summed E-state index contributed by atoms with van der Waals surface area (Å²) in [6, 6.07) is 0. The molecule has 378 valence electrons. The Morgan fingerprint density at radius 2 is 0.612 bits per heavy atom. The van der Waals surface area contributed by atoms with Crippen molar-refractivity contribution in [3.05, 3.63) is 122 Å². The van der Waals surface area contributed by atoms with Gasteiger partial charge in [-0.2, -0.15) is 0 Å². The standard InChI is InChI=1S/C61H98O6/c1-4-7-10-13-16-19-22-25-28-29-30-31-34-36-39-42-45-48-51-54-60(63)66-57-58(67-61(64)55-52-49-46-43-40-37-33-27-24-21-18-15-12-9-6-3)56-65-59(62)53-50-47-44-41-38-35-32-26-23-20-17-14-11-8-5-2/h7,10,16,18-21,23,25,27-28,30-31,33,36,39-40,43,45,48,58H,4-6,8-9,11-15,17,22,24,26,29,32,34-35,37-38,41-42,44,46-47,49-57H2,1-3H3/b10-7-,19-16-,21-18-,23-20-,28-25-,31-30-,33-27-,39-36-,43-40-,48-45-/t58-/m0/s1. The third kappa shape index (κ3) is 52.6. The van der Waals surface area contributed by atoms with E-state index in [2.05, 4.69) is 130 Å². The third-order valence-corrected chi connectivity index (χ3v) is 10.9. The lowest BCUT2D eigenvalue weighted by molar-refractivity contribution is -0.166. The highest BCUT2D eigenvalue weighted by Crippen LogP contribution is 2.13. The SMILES string of the molecule is CC/C=C\C/C=C\C/C=C\C/C=C\C/C=C\C/C=C\CCC(=O)OC[C@H](COC(=O)CCCCCCCCC/C=C\CCCCCC)OC(=O)CCCC/C=C\C/C=C\C/C=C\CCCCC. The van der Waals surface area contributed by atoms with E-state index in [4.69, 9.17) is 14.2 Å². The first kappa shape index (κ1) is 62.8. The van der Waals surface area contributed by atoms with E-state index in [-0.39, 0.29) is 44.0 Å². The zero-order chi connectivity index (χ0) is 48.6. The van der Waals surface area contributed by atoms with Crippen LogP contribution < -0.4 is 0 Å². The molecule has 0 aromatic heterocycles. The Morgan fingerprint density at radius 1 is 0.313 bits per heavy atom. The fourth-order valence-corrected chi connectivity index (χ4v) is 6.88. The van der Waals surface area contributed by atoms with E-state index in [9.17, 15) is 14.4 Å². The van der Waals surface area contributed by atoms with Crippen LogP contribution in [0.5, 0.6) is 0 Å². The molecule has 0 radical (unpaired) electrons. The number of carbonyl (C=O) groups excluding carboxylic acids is 3. The zero-order valence-electron chi connectivity index (χ0n) is 43.1. The average molecular weight is 927 g/mol. The van der Waals surface area contributed by atoms with Crippen molar-refractivity contribution in [2.45, 2.75) is 232 Å². The molecule has 0 saturated carbocycles. The highest BCUT2D eigenvalue weighted by atomic mass is 16.6. The minimum absolute atomic E-state index is 0.122. The molecular weight excluding hydrogens is 829 g/mol. The largest absolute Gasteiger partial charge is 0.462 e. The van der Waals surface area contributed by atoms with Crippen LogP contribution >= 0.6 is 0 Å². The smallest absolute Gasteiger partial charge is 0.306 e. The Labute approximate surface area is 412 Å². The topological polar surface area (TPSA) is 78.9 Å². The lowest BCUT2D eigenvalue weighted by atomic mass is 10.1. The van der Waals surface area contributed by atoms with Crippen LogP contribution in [-0.4, -0.2) is 37.2 Å². The highest BCUT2D eigenvalue weighted by Gasteiger charge is 2.19. The Bertz CT molecular complexity index is 1440. The Kier molecular flexibility index (Phi) is 51.0. The van der Waals surface area contributed by atoms with Gasteiger partial charge in [0.15, 0.2) is 6.10 Å². The van der Waals surface area contributed by atoms with Crippen LogP contribution in [0.3, 0.4) is 0 Å². The van der Waals surface area contributed by atoms with E-state index in [1.54, 1.807) is 0 Å². The van der Waals surface area contributed by atoms with Crippen molar-refractivity contribution in [1.29, 1.82) is 0 Å². The Balaban J connectivity index is 4.58. The maximum absolute atomic E-state index is 12.8. The molecule has 0 amide bonds. The summed E-state index contributed by atoms with van der Waals surface area (Å²) in [6.45, 7) is 6.37. The van der Waals surface area contributed by atoms with Gasteiger partial charge in [-0.3, -0.25) is 14.4 Å². The molecule has 1 atom stereocenters.